The fraction of sp³-hybridized carbons (Fsp3) is 0.0526. The Balaban J connectivity index is 1.60. The lowest BCUT2D eigenvalue weighted by Crippen LogP contribution is -2.32. The van der Waals surface area contributed by atoms with E-state index >= 15 is 0 Å². The van der Waals surface area contributed by atoms with Crippen molar-refractivity contribution in [3.05, 3.63) is 78.8 Å². The molecule has 6 heteroatoms. The summed E-state index contributed by atoms with van der Waals surface area (Å²) in [5, 5.41) is 5.21. The number of nitrogens with one attached hydrogen (secondary N) is 2. The number of rotatable bonds is 6. The smallest absolute Gasteiger partial charge is 0.287 e. The molecule has 2 aromatic carbocycles. The Morgan fingerprint density at radius 1 is 0.920 bits per heavy atom. The van der Waals surface area contributed by atoms with E-state index in [1.54, 1.807) is 24.3 Å². The van der Waals surface area contributed by atoms with Crippen molar-refractivity contribution < 1.29 is 18.7 Å². The van der Waals surface area contributed by atoms with Crippen molar-refractivity contribution in [2.75, 3.05) is 11.9 Å². The maximum Gasteiger partial charge on any atom is 0.287 e. The minimum Gasteiger partial charge on any atom is -0.459 e. The van der Waals surface area contributed by atoms with Gasteiger partial charge in [-0.15, -0.1) is 0 Å². The highest BCUT2D eigenvalue weighted by molar-refractivity contribution is 5.98. The van der Waals surface area contributed by atoms with E-state index in [-0.39, 0.29) is 18.2 Å². The second-order valence-corrected chi connectivity index (χ2v) is 5.12. The summed E-state index contributed by atoms with van der Waals surface area (Å²) in [7, 11) is 0. The highest BCUT2D eigenvalue weighted by Gasteiger charge is 2.12. The molecule has 1 heterocycles. The molecule has 25 heavy (non-hydrogen) atoms. The van der Waals surface area contributed by atoms with Crippen LogP contribution in [-0.4, -0.2) is 18.4 Å². The van der Waals surface area contributed by atoms with E-state index in [2.05, 4.69) is 10.6 Å². The summed E-state index contributed by atoms with van der Waals surface area (Å²) < 4.78 is 10.7. The Bertz CT molecular complexity index is 845. The lowest BCUT2D eigenvalue weighted by Gasteiger charge is -2.12. The van der Waals surface area contributed by atoms with Gasteiger partial charge in [0.2, 0.25) is 5.91 Å². The van der Waals surface area contributed by atoms with E-state index in [0.717, 1.165) is 0 Å². The van der Waals surface area contributed by atoms with Gasteiger partial charge in [0.1, 0.15) is 5.75 Å². The van der Waals surface area contributed by atoms with Crippen LogP contribution in [0, 0.1) is 0 Å². The molecule has 0 saturated heterocycles. The molecule has 2 amide bonds. The van der Waals surface area contributed by atoms with Gasteiger partial charge in [-0.05, 0) is 36.4 Å². The van der Waals surface area contributed by atoms with Crippen LogP contribution in [-0.2, 0) is 4.79 Å². The standard InChI is InChI=1S/C19H16N2O4/c22-18(13-20-19(23)17-11-6-12-24-17)21-15-9-4-5-10-16(15)25-14-7-2-1-3-8-14/h1-12H,13H2,(H,20,23)(H,21,22). The van der Waals surface area contributed by atoms with Crippen molar-refractivity contribution in [2.24, 2.45) is 0 Å². The van der Waals surface area contributed by atoms with Crippen molar-refractivity contribution in [1.29, 1.82) is 0 Å². The van der Waals surface area contributed by atoms with Crippen molar-refractivity contribution >= 4 is 17.5 Å². The number of ether oxygens (including phenoxy) is 1. The van der Waals surface area contributed by atoms with Crippen LogP contribution in [0.25, 0.3) is 0 Å². The Hall–Kier alpha value is -3.54. The van der Waals surface area contributed by atoms with Crippen LogP contribution in [0.4, 0.5) is 5.69 Å². The molecule has 0 aliphatic rings. The first-order valence-corrected chi connectivity index (χ1v) is 7.66. The summed E-state index contributed by atoms with van der Waals surface area (Å²) in [6, 6.07) is 19.5. The van der Waals surface area contributed by atoms with Crippen molar-refractivity contribution in [3.63, 3.8) is 0 Å². The summed E-state index contributed by atoms with van der Waals surface area (Å²) in [4.78, 5) is 23.8. The fourth-order valence-electron chi connectivity index (χ4n) is 2.12. The molecule has 126 valence electrons. The van der Waals surface area contributed by atoms with E-state index in [0.29, 0.717) is 17.2 Å². The topological polar surface area (TPSA) is 80.6 Å². The molecule has 0 aliphatic heterocycles. The van der Waals surface area contributed by atoms with Gasteiger partial charge in [-0.25, -0.2) is 0 Å². The second-order valence-electron chi connectivity index (χ2n) is 5.12. The minimum absolute atomic E-state index is 0.153. The number of hydrogen-bond acceptors (Lipinski definition) is 4. The quantitative estimate of drug-likeness (QED) is 0.722. The predicted octanol–water partition coefficient (Wildman–Crippen LogP) is 3.44. The molecule has 1 aromatic heterocycles. The molecule has 6 nitrogen and oxygen atoms in total. The average molecular weight is 336 g/mol. The third kappa shape index (κ3) is 4.48. The lowest BCUT2D eigenvalue weighted by molar-refractivity contribution is -0.115. The molecule has 0 fully saturated rings. The van der Waals surface area contributed by atoms with Gasteiger partial charge in [-0.1, -0.05) is 30.3 Å². The number of furan rings is 1. The number of amides is 2. The van der Waals surface area contributed by atoms with Gasteiger partial charge < -0.3 is 19.8 Å². The van der Waals surface area contributed by atoms with Gasteiger partial charge in [0.15, 0.2) is 11.5 Å². The number of hydrogen-bond donors (Lipinski definition) is 2. The van der Waals surface area contributed by atoms with Crippen LogP contribution in [0.5, 0.6) is 11.5 Å². The van der Waals surface area contributed by atoms with Gasteiger partial charge in [0, 0.05) is 0 Å². The van der Waals surface area contributed by atoms with Crippen molar-refractivity contribution in [3.8, 4) is 11.5 Å². The first kappa shape index (κ1) is 16.3. The zero-order valence-electron chi connectivity index (χ0n) is 13.3. The lowest BCUT2D eigenvalue weighted by atomic mass is 10.3. The average Bonchev–Trinajstić information content (AvgIpc) is 3.17. The zero-order valence-corrected chi connectivity index (χ0v) is 13.3. The molecule has 0 spiro atoms. The number of benzene rings is 2. The molecule has 0 bridgehead atoms. The van der Waals surface area contributed by atoms with Crippen LogP contribution >= 0.6 is 0 Å². The van der Waals surface area contributed by atoms with Gasteiger partial charge in [0.05, 0.1) is 18.5 Å². The predicted molar refractivity (Wildman–Crippen MR) is 92.6 cm³/mol. The molecule has 2 N–H and O–H groups in total. The van der Waals surface area contributed by atoms with E-state index < -0.39 is 5.91 Å². The van der Waals surface area contributed by atoms with Crippen molar-refractivity contribution in [2.45, 2.75) is 0 Å². The molecule has 0 unspecified atom stereocenters. The minimum atomic E-state index is -0.450. The molecular weight excluding hydrogens is 320 g/mol. The van der Waals surface area contributed by atoms with Gasteiger partial charge in [-0.3, -0.25) is 9.59 Å². The van der Waals surface area contributed by atoms with Crippen LogP contribution < -0.4 is 15.4 Å². The summed E-state index contributed by atoms with van der Waals surface area (Å²) in [5.41, 5.74) is 0.517. The summed E-state index contributed by atoms with van der Waals surface area (Å²) in [5.74, 6) is 0.508. The zero-order chi connectivity index (χ0) is 17.5. The monoisotopic (exact) mass is 336 g/mol. The Morgan fingerprint density at radius 3 is 2.44 bits per heavy atom. The molecular formula is C19H16N2O4. The van der Waals surface area contributed by atoms with Gasteiger partial charge in [-0.2, -0.15) is 0 Å². The Kier molecular flexibility index (Phi) is 5.11. The molecule has 0 saturated carbocycles. The highest BCUT2D eigenvalue weighted by Crippen LogP contribution is 2.28. The third-order valence-corrected chi connectivity index (χ3v) is 3.29. The largest absolute Gasteiger partial charge is 0.459 e. The van der Waals surface area contributed by atoms with E-state index in [4.69, 9.17) is 9.15 Å². The molecule has 0 atom stereocenters. The SMILES string of the molecule is O=C(CNC(=O)c1ccco1)Nc1ccccc1Oc1ccccc1. The fourth-order valence-corrected chi connectivity index (χ4v) is 2.12. The first-order chi connectivity index (χ1) is 12.2. The van der Waals surface area contributed by atoms with Crippen molar-refractivity contribution in [1.82, 2.24) is 5.32 Å². The third-order valence-electron chi connectivity index (χ3n) is 3.29. The second kappa shape index (κ2) is 7.83. The van der Waals surface area contributed by atoms with Gasteiger partial charge >= 0.3 is 0 Å². The normalized spacial score (nSPS) is 10.1. The summed E-state index contributed by atoms with van der Waals surface area (Å²) in [6.45, 7) is -0.181. The summed E-state index contributed by atoms with van der Waals surface area (Å²) >= 11 is 0. The number of carbonyl (C=O) groups excluding carboxylic acids is 2. The highest BCUT2D eigenvalue weighted by atomic mass is 16.5. The summed E-state index contributed by atoms with van der Waals surface area (Å²) in [6.07, 6.45) is 1.39. The molecule has 0 aliphatic carbocycles. The Labute approximate surface area is 144 Å². The van der Waals surface area contributed by atoms with Crippen LogP contribution in [0.2, 0.25) is 0 Å². The number of carbonyl (C=O) groups is 2. The Morgan fingerprint density at radius 2 is 1.68 bits per heavy atom. The van der Waals surface area contributed by atoms with E-state index in [1.807, 2.05) is 36.4 Å². The number of para-hydroxylation sites is 3. The van der Waals surface area contributed by atoms with E-state index in [9.17, 15) is 9.59 Å². The van der Waals surface area contributed by atoms with E-state index in [1.165, 1.54) is 12.3 Å². The molecule has 3 aromatic rings. The first-order valence-electron chi connectivity index (χ1n) is 7.66. The van der Waals surface area contributed by atoms with Gasteiger partial charge in [0.25, 0.3) is 5.91 Å². The van der Waals surface area contributed by atoms with Crippen LogP contribution in [0.1, 0.15) is 10.6 Å². The van der Waals surface area contributed by atoms with Crippen LogP contribution in [0.3, 0.4) is 0 Å². The van der Waals surface area contributed by atoms with Crippen LogP contribution in [0.15, 0.2) is 77.4 Å². The maximum atomic E-state index is 12.1. The molecule has 3 rings (SSSR count). The number of anilines is 1. The maximum absolute atomic E-state index is 12.1. The molecule has 0 radical (unpaired) electrons.